The van der Waals surface area contributed by atoms with Gasteiger partial charge < -0.3 is 10.6 Å². The molecule has 0 aromatic carbocycles. The highest BCUT2D eigenvalue weighted by molar-refractivity contribution is 5.82. The van der Waals surface area contributed by atoms with Gasteiger partial charge in [-0.3, -0.25) is 4.79 Å². The van der Waals surface area contributed by atoms with Crippen molar-refractivity contribution in [2.75, 3.05) is 6.54 Å². The van der Waals surface area contributed by atoms with Crippen LogP contribution in [0.15, 0.2) is 12.7 Å². The molecule has 3 nitrogen and oxygen atoms in total. The molecule has 1 saturated carbocycles. The van der Waals surface area contributed by atoms with Gasteiger partial charge in [0.05, 0.1) is 6.04 Å². The normalized spacial score (nSPS) is 18.0. The van der Waals surface area contributed by atoms with Crippen LogP contribution < -0.4 is 5.73 Å². The van der Waals surface area contributed by atoms with Crippen LogP contribution in [0.1, 0.15) is 51.9 Å². The summed E-state index contributed by atoms with van der Waals surface area (Å²) in [6, 6.07) is 0.0728. The fourth-order valence-electron chi connectivity index (χ4n) is 2.53. The van der Waals surface area contributed by atoms with E-state index in [0.717, 1.165) is 32.1 Å². The van der Waals surface area contributed by atoms with Crippen LogP contribution in [0.3, 0.4) is 0 Å². The molecule has 2 N–H and O–H groups in total. The summed E-state index contributed by atoms with van der Waals surface area (Å²) in [4.78, 5) is 14.2. The third-order valence-corrected chi connectivity index (χ3v) is 3.56. The number of hydrogen-bond acceptors (Lipinski definition) is 2. The predicted molar refractivity (Wildman–Crippen MR) is 71.7 cm³/mol. The van der Waals surface area contributed by atoms with E-state index < -0.39 is 0 Å². The molecule has 0 aliphatic heterocycles. The highest BCUT2D eigenvalue weighted by atomic mass is 16.2. The SMILES string of the molecule is C=CCN(C(=O)[C@@H](N)CCCC)C1CCCC1. The van der Waals surface area contributed by atoms with Gasteiger partial charge >= 0.3 is 0 Å². The summed E-state index contributed by atoms with van der Waals surface area (Å²) >= 11 is 0. The second-order valence-electron chi connectivity index (χ2n) is 4.97. The quantitative estimate of drug-likeness (QED) is 0.693. The first-order chi connectivity index (χ1) is 8.20. The second-order valence-corrected chi connectivity index (χ2v) is 4.97. The van der Waals surface area contributed by atoms with Crippen LogP contribution in [0.4, 0.5) is 0 Å². The molecule has 1 rings (SSSR count). The van der Waals surface area contributed by atoms with Gasteiger partial charge in [-0.05, 0) is 19.3 Å². The van der Waals surface area contributed by atoms with Gasteiger partial charge in [0.15, 0.2) is 0 Å². The molecule has 1 amide bonds. The van der Waals surface area contributed by atoms with Gasteiger partial charge in [-0.2, -0.15) is 0 Å². The highest BCUT2D eigenvalue weighted by Crippen LogP contribution is 2.24. The summed E-state index contributed by atoms with van der Waals surface area (Å²) in [6.45, 7) is 6.50. The van der Waals surface area contributed by atoms with E-state index in [1.807, 2.05) is 11.0 Å². The molecule has 0 spiro atoms. The molecule has 0 heterocycles. The Morgan fingerprint density at radius 3 is 2.71 bits per heavy atom. The Labute approximate surface area is 105 Å². The minimum absolute atomic E-state index is 0.116. The molecule has 17 heavy (non-hydrogen) atoms. The number of nitrogens with zero attached hydrogens (tertiary/aromatic N) is 1. The third kappa shape index (κ3) is 4.15. The first kappa shape index (κ1) is 14.2. The van der Waals surface area contributed by atoms with E-state index in [1.54, 1.807) is 0 Å². The number of carbonyl (C=O) groups is 1. The van der Waals surface area contributed by atoms with Crippen molar-refractivity contribution in [3.05, 3.63) is 12.7 Å². The summed E-state index contributed by atoms with van der Waals surface area (Å²) < 4.78 is 0. The Hall–Kier alpha value is -0.830. The number of rotatable bonds is 7. The molecular weight excluding hydrogens is 212 g/mol. The van der Waals surface area contributed by atoms with Crippen molar-refractivity contribution in [3.63, 3.8) is 0 Å². The zero-order valence-electron chi connectivity index (χ0n) is 11.0. The monoisotopic (exact) mass is 238 g/mol. The summed E-state index contributed by atoms with van der Waals surface area (Å²) in [5.74, 6) is 0.116. The number of carbonyl (C=O) groups excluding carboxylic acids is 1. The van der Waals surface area contributed by atoms with Gasteiger partial charge in [0.1, 0.15) is 0 Å². The molecule has 0 aromatic rings. The lowest BCUT2D eigenvalue weighted by molar-refractivity contribution is -0.134. The Morgan fingerprint density at radius 1 is 1.53 bits per heavy atom. The van der Waals surface area contributed by atoms with Crippen LogP contribution in [-0.2, 0) is 4.79 Å². The molecule has 1 aliphatic carbocycles. The van der Waals surface area contributed by atoms with Crippen molar-refractivity contribution in [1.82, 2.24) is 4.90 Å². The van der Waals surface area contributed by atoms with E-state index in [2.05, 4.69) is 13.5 Å². The van der Waals surface area contributed by atoms with E-state index in [9.17, 15) is 4.79 Å². The van der Waals surface area contributed by atoms with Crippen molar-refractivity contribution < 1.29 is 4.79 Å². The maximum atomic E-state index is 12.3. The molecule has 0 radical (unpaired) electrons. The first-order valence-electron chi connectivity index (χ1n) is 6.87. The Balaban J connectivity index is 2.55. The van der Waals surface area contributed by atoms with Crippen molar-refractivity contribution in [1.29, 1.82) is 0 Å². The largest absolute Gasteiger partial charge is 0.335 e. The molecule has 0 unspecified atom stereocenters. The average Bonchev–Trinajstić information content (AvgIpc) is 2.85. The van der Waals surface area contributed by atoms with E-state index in [-0.39, 0.29) is 11.9 Å². The minimum atomic E-state index is -0.324. The maximum Gasteiger partial charge on any atom is 0.240 e. The van der Waals surface area contributed by atoms with E-state index in [0.29, 0.717) is 12.6 Å². The molecule has 1 atom stereocenters. The van der Waals surface area contributed by atoms with Gasteiger partial charge in [0, 0.05) is 12.6 Å². The molecule has 0 saturated heterocycles. The fraction of sp³-hybridized carbons (Fsp3) is 0.786. The lowest BCUT2D eigenvalue weighted by Gasteiger charge is -2.30. The fourth-order valence-corrected chi connectivity index (χ4v) is 2.53. The smallest absolute Gasteiger partial charge is 0.240 e. The van der Waals surface area contributed by atoms with Crippen LogP contribution >= 0.6 is 0 Å². The van der Waals surface area contributed by atoms with Crippen molar-refractivity contribution in [2.45, 2.75) is 64.0 Å². The lowest BCUT2D eigenvalue weighted by Crippen LogP contribution is -2.48. The summed E-state index contributed by atoms with van der Waals surface area (Å²) in [5.41, 5.74) is 5.98. The zero-order valence-corrected chi connectivity index (χ0v) is 11.0. The molecular formula is C14H26N2O. The molecule has 1 aliphatic rings. The number of hydrogen-bond donors (Lipinski definition) is 1. The van der Waals surface area contributed by atoms with Gasteiger partial charge in [-0.1, -0.05) is 38.7 Å². The van der Waals surface area contributed by atoms with E-state index in [1.165, 1.54) is 12.8 Å². The Morgan fingerprint density at radius 2 is 2.18 bits per heavy atom. The Bertz CT molecular complexity index is 247. The molecule has 0 aromatic heterocycles. The molecule has 1 fully saturated rings. The third-order valence-electron chi connectivity index (χ3n) is 3.56. The molecule has 3 heteroatoms. The maximum absolute atomic E-state index is 12.3. The van der Waals surface area contributed by atoms with Crippen molar-refractivity contribution in [3.8, 4) is 0 Å². The second kappa shape index (κ2) is 7.49. The van der Waals surface area contributed by atoms with Gasteiger partial charge in [0.25, 0.3) is 0 Å². The van der Waals surface area contributed by atoms with Gasteiger partial charge in [-0.15, -0.1) is 6.58 Å². The predicted octanol–water partition coefficient (Wildman–Crippen LogP) is 2.46. The average molecular weight is 238 g/mol. The molecule has 0 bridgehead atoms. The van der Waals surface area contributed by atoms with Crippen LogP contribution in [0.2, 0.25) is 0 Å². The summed E-state index contributed by atoms with van der Waals surface area (Å²) in [7, 11) is 0. The first-order valence-corrected chi connectivity index (χ1v) is 6.87. The number of amides is 1. The Kier molecular flexibility index (Phi) is 6.27. The van der Waals surface area contributed by atoms with E-state index >= 15 is 0 Å². The van der Waals surface area contributed by atoms with Crippen LogP contribution in [-0.4, -0.2) is 29.4 Å². The van der Waals surface area contributed by atoms with Crippen LogP contribution in [0.5, 0.6) is 0 Å². The van der Waals surface area contributed by atoms with Gasteiger partial charge in [0.2, 0.25) is 5.91 Å². The van der Waals surface area contributed by atoms with E-state index in [4.69, 9.17) is 5.73 Å². The molecule has 98 valence electrons. The zero-order chi connectivity index (χ0) is 12.7. The summed E-state index contributed by atoms with van der Waals surface area (Å²) in [6.07, 6.45) is 9.44. The van der Waals surface area contributed by atoms with Gasteiger partial charge in [-0.25, -0.2) is 0 Å². The number of unbranched alkanes of at least 4 members (excludes halogenated alkanes) is 1. The highest BCUT2D eigenvalue weighted by Gasteiger charge is 2.28. The summed E-state index contributed by atoms with van der Waals surface area (Å²) in [5, 5.41) is 0. The van der Waals surface area contributed by atoms with Crippen molar-refractivity contribution >= 4 is 5.91 Å². The lowest BCUT2D eigenvalue weighted by atomic mass is 10.1. The van der Waals surface area contributed by atoms with Crippen molar-refractivity contribution in [2.24, 2.45) is 5.73 Å². The topological polar surface area (TPSA) is 46.3 Å². The van der Waals surface area contributed by atoms with Crippen LogP contribution in [0, 0.1) is 0 Å². The standard InChI is InChI=1S/C14H26N2O/c1-3-5-10-13(15)14(17)16(11-4-2)12-8-6-7-9-12/h4,12-13H,2-3,5-11,15H2,1H3/t13-/m0/s1. The minimum Gasteiger partial charge on any atom is -0.335 e. The number of nitrogens with two attached hydrogens (primary N) is 1. The van der Waals surface area contributed by atoms with Crippen LogP contribution in [0.25, 0.3) is 0 Å².